The van der Waals surface area contributed by atoms with Gasteiger partial charge in [-0.05, 0) is 57.2 Å². The lowest BCUT2D eigenvalue weighted by atomic mass is 9.84. The van der Waals surface area contributed by atoms with Gasteiger partial charge in [-0.1, -0.05) is 6.92 Å². The molecule has 6 heteroatoms. The predicted molar refractivity (Wildman–Crippen MR) is 102 cm³/mol. The van der Waals surface area contributed by atoms with Crippen molar-refractivity contribution < 1.29 is 23.7 Å². The van der Waals surface area contributed by atoms with Gasteiger partial charge in [0.05, 0.1) is 31.5 Å². The molecule has 1 aromatic carbocycles. The van der Waals surface area contributed by atoms with Gasteiger partial charge in [-0.2, -0.15) is 0 Å². The third-order valence-corrected chi connectivity index (χ3v) is 5.26. The van der Waals surface area contributed by atoms with E-state index in [9.17, 15) is 5.11 Å². The molecule has 2 aliphatic heterocycles. The summed E-state index contributed by atoms with van der Waals surface area (Å²) in [6.07, 6.45) is 1.12. The van der Waals surface area contributed by atoms with Gasteiger partial charge in [0.25, 0.3) is 0 Å². The average molecular weight is 381 g/mol. The zero-order valence-corrected chi connectivity index (χ0v) is 17.0. The van der Waals surface area contributed by atoms with Crippen LogP contribution in [0.1, 0.15) is 57.7 Å². The molecule has 0 bridgehead atoms. The van der Waals surface area contributed by atoms with Crippen LogP contribution in [0.15, 0.2) is 6.07 Å². The zero-order chi connectivity index (χ0) is 19.8. The lowest BCUT2D eigenvalue weighted by Crippen LogP contribution is -2.53. The topological polar surface area (TPSA) is 51.2 Å². The van der Waals surface area contributed by atoms with E-state index in [2.05, 4.69) is 4.90 Å². The van der Waals surface area contributed by atoms with E-state index < -0.39 is 6.10 Å². The minimum Gasteiger partial charge on any atom is -0.493 e. The summed E-state index contributed by atoms with van der Waals surface area (Å²) < 4.78 is 32.3. The maximum Gasteiger partial charge on any atom is 0.197 e. The second-order valence-electron chi connectivity index (χ2n) is 8.47. The summed E-state index contributed by atoms with van der Waals surface area (Å²) in [4.78, 5) is 2.29. The molecule has 0 aliphatic carbocycles. The van der Waals surface area contributed by atoms with Crippen LogP contribution in [0.3, 0.4) is 0 Å². The first-order chi connectivity index (χ1) is 12.7. The van der Waals surface area contributed by atoms with Gasteiger partial charge in [0.15, 0.2) is 17.3 Å². The Kier molecular flexibility index (Phi) is 5.99. The van der Waals surface area contributed by atoms with Crippen LogP contribution in [0.25, 0.3) is 0 Å². The van der Waals surface area contributed by atoms with E-state index >= 15 is 4.39 Å². The van der Waals surface area contributed by atoms with Crippen LogP contribution in [-0.4, -0.2) is 54.6 Å². The molecule has 2 heterocycles. The standard InChI is InChI=1S/C21H32FNO4/c1-6-9-26-20-17(25-5)10-14-13(19(20)22)7-8-23-12-18(27-21(2,3)4)16(24)11-15(14)23/h10,15-16,18,24H,6-9,11-12H2,1-5H3/t15-,16-,18-/m1/s1. The molecule has 0 aromatic heterocycles. The zero-order valence-electron chi connectivity index (χ0n) is 17.0. The number of aliphatic hydroxyl groups is 1. The van der Waals surface area contributed by atoms with Crippen molar-refractivity contribution in [2.75, 3.05) is 26.8 Å². The fraction of sp³-hybridized carbons (Fsp3) is 0.714. The molecule has 27 heavy (non-hydrogen) atoms. The van der Waals surface area contributed by atoms with Crippen molar-refractivity contribution in [2.24, 2.45) is 0 Å². The minimum absolute atomic E-state index is 0.0350. The van der Waals surface area contributed by atoms with Gasteiger partial charge in [0, 0.05) is 19.1 Å². The Morgan fingerprint density at radius 2 is 2.07 bits per heavy atom. The molecular weight excluding hydrogens is 349 g/mol. The van der Waals surface area contributed by atoms with E-state index in [-0.39, 0.29) is 29.3 Å². The Morgan fingerprint density at radius 1 is 1.33 bits per heavy atom. The van der Waals surface area contributed by atoms with Crippen molar-refractivity contribution in [2.45, 2.75) is 70.8 Å². The third-order valence-electron chi connectivity index (χ3n) is 5.26. The van der Waals surface area contributed by atoms with Gasteiger partial charge in [0.1, 0.15) is 0 Å². The number of rotatable bonds is 5. The Labute approximate surface area is 161 Å². The van der Waals surface area contributed by atoms with Crippen LogP contribution >= 0.6 is 0 Å². The number of piperidine rings is 1. The molecule has 0 saturated carbocycles. The minimum atomic E-state index is -0.582. The fourth-order valence-electron chi connectivity index (χ4n) is 4.11. The van der Waals surface area contributed by atoms with Crippen LogP contribution in [0.2, 0.25) is 0 Å². The first-order valence-electron chi connectivity index (χ1n) is 9.87. The summed E-state index contributed by atoms with van der Waals surface area (Å²) in [6.45, 7) is 9.80. The molecule has 0 unspecified atom stereocenters. The van der Waals surface area contributed by atoms with Crippen molar-refractivity contribution >= 4 is 0 Å². The molecule has 3 atom stereocenters. The van der Waals surface area contributed by atoms with Crippen LogP contribution in [0.4, 0.5) is 4.39 Å². The van der Waals surface area contributed by atoms with Gasteiger partial charge >= 0.3 is 0 Å². The van der Waals surface area contributed by atoms with Crippen molar-refractivity contribution in [3.8, 4) is 11.5 Å². The number of hydrogen-bond acceptors (Lipinski definition) is 5. The summed E-state index contributed by atoms with van der Waals surface area (Å²) in [5.41, 5.74) is 1.27. The van der Waals surface area contributed by atoms with Crippen LogP contribution in [0.5, 0.6) is 11.5 Å². The summed E-state index contributed by atoms with van der Waals surface area (Å²) in [5.74, 6) is 0.306. The molecule has 5 nitrogen and oxygen atoms in total. The maximum absolute atomic E-state index is 15.2. The molecule has 0 amide bonds. The number of hydrogen-bond donors (Lipinski definition) is 1. The lowest BCUT2D eigenvalue weighted by molar-refractivity contribution is -0.149. The lowest BCUT2D eigenvalue weighted by Gasteiger charge is -2.46. The molecule has 152 valence electrons. The Morgan fingerprint density at radius 3 is 2.70 bits per heavy atom. The highest BCUT2D eigenvalue weighted by molar-refractivity contribution is 5.51. The maximum atomic E-state index is 15.2. The van der Waals surface area contributed by atoms with Gasteiger partial charge in [-0.3, -0.25) is 4.90 Å². The first-order valence-corrected chi connectivity index (χ1v) is 9.87. The van der Waals surface area contributed by atoms with Gasteiger partial charge in [-0.25, -0.2) is 4.39 Å². The highest BCUT2D eigenvalue weighted by atomic mass is 19.1. The quantitative estimate of drug-likeness (QED) is 0.846. The van der Waals surface area contributed by atoms with Gasteiger partial charge < -0.3 is 19.3 Å². The normalized spacial score (nSPS) is 25.7. The van der Waals surface area contributed by atoms with Crippen molar-refractivity contribution in [1.29, 1.82) is 0 Å². The molecule has 2 aliphatic rings. The van der Waals surface area contributed by atoms with Crippen molar-refractivity contribution in [1.82, 2.24) is 4.90 Å². The number of ether oxygens (including phenoxy) is 3. The van der Waals surface area contributed by atoms with E-state index in [1.807, 2.05) is 33.8 Å². The summed E-state index contributed by atoms with van der Waals surface area (Å²) in [5, 5.41) is 10.7. The molecule has 0 radical (unpaired) electrons. The van der Waals surface area contributed by atoms with E-state index in [1.54, 1.807) is 0 Å². The number of methoxy groups -OCH3 is 1. The molecule has 1 fully saturated rings. The van der Waals surface area contributed by atoms with Crippen molar-refractivity contribution in [3.05, 3.63) is 23.0 Å². The molecular formula is C21H32FNO4. The van der Waals surface area contributed by atoms with Gasteiger partial charge in [-0.15, -0.1) is 0 Å². The largest absolute Gasteiger partial charge is 0.493 e. The number of benzene rings is 1. The Balaban J connectivity index is 1.89. The summed E-state index contributed by atoms with van der Waals surface area (Å²) in [7, 11) is 1.53. The summed E-state index contributed by atoms with van der Waals surface area (Å²) >= 11 is 0. The summed E-state index contributed by atoms with van der Waals surface area (Å²) in [6, 6.07) is 1.85. The van der Waals surface area contributed by atoms with Crippen LogP contribution in [0, 0.1) is 5.82 Å². The van der Waals surface area contributed by atoms with E-state index in [0.29, 0.717) is 37.3 Å². The second-order valence-corrected chi connectivity index (χ2v) is 8.47. The van der Waals surface area contributed by atoms with Gasteiger partial charge in [0.2, 0.25) is 0 Å². The van der Waals surface area contributed by atoms with Crippen LogP contribution in [-0.2, 0) is 11.2 Å². The Hall–Kier alpha value is -1.37. The van der Waals surface area contributed by atoms with Crippen molar-refractivity contribution in [3.63, 3.8) is 0 Å². The van der Waals surface area contributed by atoms with Crippen LogP contribution < -0.4 is 9.47 Å². The smallest absolute Gasteiger partial charge is 0.197 e. The number of nitrogens with zero attached hydrogens (tertiary/aromatic N) is 1. The molecule has 3 rings (SSSR count). The Bertz CT molecular complexity index is 673. The fourth-order valence-corrected chi connectivity index (χ4v) is 4.11. The molecule has 1 saturated heterocycles. The molecule has 1 aromatic rings. The van der Waals surface area contributed by atoms with E-state index in [1.165, 1.54) is 7.11 Å². The number of halogens is 1. The third kappa shape index (κ3) is 4.23. The second kappa shape index (κ2) is 7.94. The van der Waals surface area contributed by atoms with E-state index in [0.717, 1.165) is 18.5 Å². The van der Waals surface area contributed by atoms with E-state index in [4.69, 9.17) is 14.2 Å². The monoisotopic (exact) mass is 381 g/mol. The number of fused-ring (bicyclic) bond motifs is 3. The predicted octanol–water partition coefficient (Wildman–Crippen LogP) is 3.47. The molecule has 1 N–H and O–H groups in total. The molecule has 0 spiro atoms. The first kappa shape index (κ1) is 20.4. The SMILES string of the molecule is CCCOc1c(OC)cc2c(c1F)CCN1C[C@@H](OC(C)(C)C)[C@H](O)C[C@H]21. The highest BCUT2D eigenvalue weighted by Crippen LogP contribution is 2.44. The number of aliphatic hydroxyl groups excluding tert-OH is 1. The highest BCUT2D eigenvalue weighted by Gasteiger charge is 2.41. The average Bonchev–Trinajstić information content (AvgIpc) is 2.60.